The minimum absolute atomic E-state index is 0.0977. The van der Waals surface area contributed by atoms with Gasteiger partial charge in [-0.1, -0.05) is 18.2 Å². The number of hydrogen-bond acceptors (Lipinski definition) is 5. The molecule has 0 saturated carbocycles. The van der Waals surface area contributed by atoms with Crippen molar-refractivity contribution in [3.63, 3.8) is 0 Å². The van der Waals surface area contributed by atoms with Gasteiger partial charge in [0.25, 0.3) is 0 Å². The van der Waals surface area contributed by atoms with Crippen LogP contribution in [0.5, 0.6) is 0 Å². The van der Waals surface area contributed by atoms with Crippen molar-refractivity contribution < 1.29 is 27.8 Å². The van der Waals surface area contributed by atoms with Gasteiger partial charge in [0, 0.05) is 31.9 Å². The van der Waals surface area contributed by atoms with Crippen LogP contribution in [0.2, 0.25) is 0 Å². The second-order valence-corrected chi connectivity index (χ2v) is 8.58. The predicted octanol–water partition coefficient (Wildman–Crippen LogP) is 4.31. The summed E-state index contributed by atoms with van der Waals surface area (Å²) in [6, 6.07) is 7.55. The van der Waals surface area contributed by atoms with Crippen molar-refractivity contribution in [2.45, 2.75) is 50.4 Å². The van der Waals surface area contributed by atoms with Crippen molar-refractivity contribution in [2.24, 2.45) is 0 Å². The highest BCUT2D eigenvalue weighted by molar-refractivity contribution is 5.75. The van der Waals surface area contributed by atoms with E-state index in [1.54, 1.807) is 4.90 Å². The number of aromatic nitrogens is 1. The van der Waals surface area contributed by atoms with Gasteiger partial charge in [0.2, 0.25) is 0 Å². The zero-order valence-corrected chi connectivity index (χ0v) is 18.3. The molecular formula is C24H28F3N3O3. The standard InChI is InChI=1S/C24H28F3N3O3/c25-24(26,27)18-8-5-16(6-9-18)21(23(31)32)30-13-11-20(15-30)33-14-2-4-19-10-7-17-3-1-12-28-22(17)29-19/h5-10,20-21H,1-4,11-15H2,(H,28,29)(H,31,32)/t20-,21?/m1/s1. The minimum atomic E-state index is -4.45. The van der Waals surface area contributed by atoms with Crippen molar-refractivity contribution >= 4 is 11.8 Å². The number of anilines is 1. The molecule has 2 aliphatic rings. The monoisotopic (exact) mass is 463 g/mol. The van der Waals surface area contributed by atoms with E-state index in [-0.39, 0.29) is 6.10 Å². The highest BCUT2D eigenvalue weighted by Gasteiger charge is 2.35. The number of carbonyl (C=O) groups is 1. The zero-order valence-electron chi connectivity index (χ0n) is 18.3. The van der Waals surface area contributed by atoms with E-state index in [0.717, 1.165) is 55.9 Å². The first-order chi connectivity index (χ1) is 15.8. The van der Waals surface area contributed by atoms with Crippen molar-refractivity contribution in [2.75, 3.05) is 31.6 Å². The summed E-state index contributed by atoms with van der Waals surface area (Å²) in [5.74, 6) is -0.100. The van der Waals surface area contributed by atoms with Crippen LogP contribution in [0, 0.1) is 0 Å². The number of carboxylic acids is 1. The molecule has 4 rings (SSSR count). The number of hydrogen-bond donors (Lipinski definition) is 2. The summed E-state index contributed by atoms with van der Waals surface area (Å²) in [7, 11) is 0. The first kappa shape index (κ1) is 23.5. The van der Waals surface area contributed by atoms with Gasteiger partial charge in [-0.05, 0) is 61.4 Å². The summed E-state index contributed by atoms with van der Waals surface area (Å²) < 4.78 is 44.4. The molecule has 2 aliphatic heterocycles. The third-order valence-corrected chi connectivity index (χ3v) is 6.21. The molecule has 178 valence electrons. The maximum atomic E-state index is 12.8. The van der Waals surface area contributed by atoms with E-state index in [0.29, 0.717) is 31.7 Å². The minimum Gasteiger partial charge on any atom is -0.480 e. The van der Waals surface area contributed by atoms with Gasteiger partial charge in [-0.15, -0.1) is 0 Å². The molecule has 1 fully saturated rings. The van der Waals surface area contributed by atoms with E-state index in [9.17, 15) is 23.1 Å². The summed E-state index contributed by atoms with van der Waals surface area (Å²) in [5, 5.41) is 13.0. The van der Waals surface area contributed by atoms with Crippen LogP contribution in [0.25, 0.3) is 0 Å². The van der Waals surface area contributed by atoms with Crippen LogP contribution in [0.3, 0.4) is 0 Å². The van der Waals surface area contributed by atoms with Crippen molar-refractivity contribution in [1.29, 1.82) is 0 Å². The largest absolute Gasteiger partial charge is 0.480 e. The fourth-order valence-corrected chi connectivity index (χ4v) is 4.50. The SMILES string of the molecule is O=C(O)C(c1ccc(C(F)(F)F)cc1)N1CC[C@@H](OCCCc2ccc3c(n2)NCCC3)C1. The van der Waals surface area contributed by atoms with Gasteiger partial charge in [-0.2, -0.15) is 13.2 Å². The Morgan fingerprint density at radius 1 is 1.24 bits per heavy atom. The second kappa shape index (κ2) is 10.1. The molecule has 2 N–H and O–H groups in total. The van der Waals surface area contributed by atoms with Gasteiger partial charge in [0.15, 0.2) is 0 Å². The van der Waals surface area contributed by atoms with Gasteiger partial charge < -0.3 is 15.2 Å². The number of likely N-dealkylation sites (tertiary alicyclic amines) is 1. The average molecular weight is 464 g/mol. The molecule has 6 nitrogen and oxygen atoms in total. The lowest BCUT2D eigenvalue weighted by atomic mass is 10.0. The third-order valence-electron chi connectivity index (χ3n) is 6.21. The molecule has 1 aromatic carbocycles. The van der Waals surface area contributed by atoms with Crippen LogP contribution in [-0.4, -0.2) is 53.3 Å². The summed E-state index contributed by atoms with van der Waals surface area (Å²) in [5.41, 5.74) is 1.83. The summed E-state index contributed by atoms with van der Waals surface area (Å²) in [6.07, 6.45) is -0.0687. The number of nitrogens with one attached hydrogen (secondary N) is 1. The molecule has 2 aromatic rings. The molecule has 1 unspecified atom stereocenters. The molecule has 1 saturated heterocycles. The Morgan fingerprint density at radius 3 is 2.76 bits per heavy atom. The second-order valence-electron chi connectivity index (χ2n) is 8.58. The van der Waals surface area contributed by atoms with E-state index < -0.39 is 23.8 Å². The first-order valence-electron chi connectivity index (χ1n) is 11.3. The molecule has 9 heteroatoms. The lowest BCUT2D eigenvalue weighted by molar-refractivity contribution is -0.143. The smallest absolute Gasteiger partial charge is 0.416 e. The van der Waals surface area contributed by atoms with E-state index in [4.69, 9.17) is 4.74 Å². The number of aryl methyl sites for hydroxylation is 2. The van der Waals surface area contributed by atoms with Crippen LogP contribution < -0.4 is 5.32 Å². The molecule has 0 radical (unpaired) electrons. The maximum Gasteiger partial charge on any atom is 0.416 e. The number of ether oxygens (including phenoxy) is 1. The van der Waals surface area contributed by atoms with Crippen LogP contribution >= 0.6 is 0 Å². The number of benzene rings is 1. The quantitative estimate of drug-likeness (QED) is 0.569. The number of pyridine rings is 1. The van der Waals surface area contributed by atoms with Gasteiger partial charge in [-0.25, -0.2) is 4.98 Å². The van der Waals surface area contributed by atoms with Gasteiger partial charge in [0.1, 0.15) is 11.9 Å². The lowest BCUT2D eigenvalue weighted by Crippen LogP contribution is -2.33. The molecule has 0 aliphatic carbocycles. The van der Waals surface area contributed by atoms with Crippen LogP contribution in [-0.2, 0) is 28.5 Å². The number of aliphatic carboxylic acids is 1. The van der Waals surface area contributed by atoms with Gasteiger partial charge >= 0.3 is 12.1 Å². The van der Waals surface area contributed by atoms with E-state index in [1.165, 1.54) is 17.7 Å². The Hall–Kier alpha value is -2.65. The Bertz CT molecular complexity index is 966. The molecule has 33 heavy (non-hydrogen) atoms. The molecule has 0 spiro atoms. The number of halogens is 3. The molecule has 2 atom stereocenters. The topological polar surface area (TPSA) is 74.7 Å². The molecule has 3 heterocycles. The van der Waals surface area contributed by atoms with Crippen molar-refractivity contribution in [3.8, 4) is 0 Å². The number of fused-ring (bicyclic) bond motifs is 1. The maximum absolute atomic E-state index is 12.8. The number of alkyl halides is 3. The predicted molar refractivity (Wildman–Crippen MR) is 117 cm³/mol. The molecule has 1 aromatic heterocycles. The summed E-state index contributed by atoms with van der Waals surface area (Å²) >= 11 is 0. The lowest BCUT2D eigenvalue weighted by Gasteiger charge is -2.25. The Kier molecular flexibility index (Phi) is 7.19. The van der Waals surface area contributed by atoms with Crippen molar-refractivity contribution in [3.05, 3.63) is 58.8 Å². The fourth-order valence-electron chi connectivity index (χ4n) is 4.50. The number of nitrogens with zero attached hydrogens (tertiary/aromatic N) is 2. The average Bonchev–Trinajstić information content (AvgIpc) is 3.24. The van der Waals surface area contributed by atoms with Gasteiger partial charge in [-0.3, -0.25) is 9.69 Å². The van der Waals surface area contributed by atoms with Gasteiger partial charge in [0.05, 0.1) is 11.7 Å². The Labute approximate surface area is 190 Å². The van der Waals surface area contributed by atoms with E-state index in [1.807, 2.05) is 0 Å². The first-order valence-corrected chi connectivity index (χ1v) is 11.3. The van der Waals surface area contributed by atoms with Crippen LogP contribution in [0.15, 0.2) is 36.4 Å². The van der Waals surface area contributed by atoms with E-state index >= 15 is 0 Å². The number of rotatable bonds is 8. The number of carboxylic acid groups (broad SMARTS) is 1. The van der Waals surface area contributed by atoms with Crippen molar-refractivity contribution in [1.82, 2.24) is 9.88 Å². The molecule has 0 bridgehead atoms. The highest BCUT2D eigenvalue weighted by Crippen LogP contribution is 2.32. The fraction of sp³-hybridized carbons (Fsp3) is 0.500. The third kappa shape index (κ3) is 5.83. The normalized spacial score (nSPS) is 19.7. The Balaban J connectivity index is 1.27. The Morgan fingerprint density at radius 2 is 2.03 bits per heavy atom. The van der Waals surface area contributed by atoms with Crippen LogP contribution in [0.4, 0.5) is 19.0 Å². The summed E-state index contributed by atoms with van der Waals surface area (Å²) in [4.78, 5) is 18.3. The molecule has 0 amide bonds. The zero-order chi connectivity index (χ0) is 23.4. The molecular weight excluding hydrogens is 435 g/mol. The van der Waals surface area contributed by atoms with E-state index in [2.05, 4.69) is 22.4 Å². The summed E-state index contributed by atoms with van der Waals surface area (Å²) in [6.45, 7) is 2.44. The highest BCUT2D eigenvalue weighted by atomic mass is 19.4. The van der Waals surface area contributed by atoms with Crippen LogP contribution in [0.1, 0.15) is 47.7 Å².